The summed E-state index contributed by atoms with van der Waals surface area (Å²) >= 11 is 0. The molecule has 0 saturated carbocycles. The molecule has 0 aliphatic carbocycles. The van der Waals surface area contributed by atoms with Gasteiger partial charge in [0.2, 0.25) is 0 Å². The quantitative estimate of drug-likeness (QED) is 0.732. The molecule has 1 N–H and O–H groups in total. The summed E-state index contributed by atoms with van der Waals surface area (Å²) < 4.78 is 5.78. The number of rotatable bonds is 6. The summed E-state index contributed by atoms with van der Waals surface area (Å²) in [5.74, 6) is 0.821. The summed E-state index contributed by atoms with van der Waals surface area (Å²) in [6.45, 7) is 8.91. The van der Waals surface area contributed by atoms with E-state index < -0.39 is 0 Å². The maximum Gasteiger partial charge on any atom is 0.0578 e. The number of hydrogen-bond donors (Lipinski definition) is 1. The Morgan fingerprint density at radius 1 is 1.33 bits per heavy atom. The van der Waals surface area contributed by atoms with E-state index in [2.05, 4.69) is 26.1 Å². The molecule has 0 amide bonds. The molecule has 0 aromatic rings. The van der Waals surface area contributed by atoms with Gasteiger partial charge in [-0.25, -0.2) is 0 Å². The molecular weight excluding hydrogens is 186 g/mol. The summed E-state index contributed by atoms with van der Waals surface area (Å²) in [6.07, 6.45) is 6.72. The standard InChI is InChI=1S/C13H27NO/c1-4-6-13-10-12(7-9-15-13)11(3)14-8-5-2/h11-14H,4-10H2,1-3H3. The first kappa shape index (κ1) is 13.0. The molecule has 3 atom stereocenters. The molecule has 0 aromatic heterocycles. The van der Waals surface area contributed by atoms with Crippen LogP contribution in [0.1, 0.15) is 52.9 Å². The van der Waals surface area contributed by atoms with Crippen molar-refractivity contribution in [3.05, 3.63) is 0 Å². The fraction of sp³-hybridized carbons (Fsp3) is 1.00. The van der Waals surface area contributed by atoms with E-state index >= 15 is 0 Å². The normalized spacial score (nSPS) is 29.0. The zero-order chi connectivity index (χ0) is 11.1. The third kappa shape index (κ3) is 4.52. The Morgan fingerprint density at radius 2 is 2.13 bits per heavy atom. The lowest BCUT2D eigenvalue weighted by molar-refractivity contribution is -0.0200. The highest BCUT2D eigenvalue weighted by atomic mass is 16.5. The summed E-state index contributed by atoms with van der Waals surface area (Å²) in [5.41, 5.74) is 0. The average Bonchev–Trinajstić information content (AvgIpc) is 2.27. The molecule has 1 rings (SSSR count). The Hall–Kier alpha value is -0.0800. The largest absolute Gasteiger partial charge is 0.378 e. The first-order valence-corrected chi connectivity index (χ1v) is 6.62. The van der Waals surface area contributed by atoms with Gasteiger partial charge in [0, 0.05) is 12.6 Å². The molecule has 1 heterocycles. The Labute approximate surface area is 94.8 Å². The van der Waals surface area contributed by atoms with Crippen molar-refractivity contribution in [3.63, 3.8) is 0 Å². The topological polar surface area (TPSA) is 21.3 Å². The number of hydrogen-bond acceptors (Lipinski definition) is 2. The lowest BCUT2D eigenvalue weighted by Crippen LogP contribution is -2.39. The Bertz CT molecular complexity index is 159. The fourth-order valence-electron chi connectivity index (χ4n) is 2.43. The van der Waals surface area contributed by atoms with Crippen molar-refractivity contribution in [1.29, 1.82) is 0 Å². The van der Waals surface area contributed by atoms with Crippen LogP contribution in [0.5, 0.6) is 0 Å². The average molecular weight is 213 g/mol. The van der Waals surface area contributed by atoms with Crippen molar-refractivity contribution in [1.82, 2.24) is 5.32 Å². The number of ether oxygens (including phenoxy) is 1. The molecular formula is C13H27NO. The van der Waals surface area contributed by atoms with Gasteiger partial charge in [-0.1, -0.05) is 20.3 Å². The third-order valence-electron chi connectivity index (χ3n) is 3.44. The SMILES string of the molecule is CCCNC(C)C1CCOC(CCC)C1. The minimum Gasteiger partial charge on any atom is -0.378 e. The minimum absolute atomic E-state index is 0.527. The highest BCUT2D eigenvalue weighted by molar-refractivity contribution is 4.79. The van der Waals surface area contributed by atoms with Gasteiger partial charge in [-0.15, -0.1) is 0 Å². The highest BCUT2D eigenvalue weighted by Gasteiger charge is 2.25. The molecule has 90 valence electrons. The van der Waals surface area contributed by atoms with Crippen LogP contribution in [0, 0.1) is 5.92 Å². The molecule has 1 aliphatic heterocycles. The highest BCUT2D eigenvalue weighted by Crippen LogP contribution is 2.25. The molecule has 0 radical (unpaired) electrons. The van der Waals surface area contributed by atoms with Gasteiger partial charge in [0.05, 0.1) is 6.10 Å². The Balaban J connectivity index is 2.27. The van der Waals surface area contributed by atoms with Gasteiger partial charge in [0.15, 0.2) is 0 Å². The smallest absolute Gasteiger partial charge is 0.0578 e. The molecule has 1 aliphatic rings. The Morgan fingerprint density at radius 3 is 2.80 bits per heavy atom. The van der Waals surface area contributed by atoms with E-state index in [9.17, 15) is 0 Å². The predicted molar refractivity (Wildman–Crippen MR) is 65.1 cm³/mol. The van der Waals surface area contributed by atoms with Crippen LogP contribution < -0.4 is 5.32 Å². The van der Waals surface area contributed by atoms with Gasteiger partial charge < -0.3 is 10.1 Å². The molecule has 2 heteroatoms. The second kappa shape index (κ2) is 7.24. The van der Waals surface area contributed by atoms with Crippen molar-refractivity contribution in [2.45, 2.75) is 65.0 Å². The van der Waals surface area contributed by atoms with E-state index in [1.807, 2.05) is 0 Å². The van der Waals surface area contributed by atoms with Crippen LogP contribution in [0.4, 0.5) is 0 Å². The monoisotopic (exact) mass is 213 g/mol. The molecule has 0 spiro atoms. The lowest BCUT2D eigenvalue weighted by atomic mass is 9.88. The van der Waals surface area contributed by atoms with E-state index in [4.69, 9.17) is 4.74 Å². The van der Waals surface area contributed by atoms with Crippen molar-refractivity contribution >= 4 is 0 Å². The van der Waals surface area contributed by atoms with Crippen LogP contribution in [0.25, 0.3) is 0 Å². The van der Waals surface area contributed by atoms with E-state index in [0.29, 0.717) is 12.1 Å². The first-order valence-electron chi connectivity index (χ1n) is 6.62. The van der Waals surface area contributed by atoms with Gasteiger partial charge >= 0.3 is 0 Å². The molecule has 0 aromatic carbocycles. The van der Waals surface area contributed by atoms with Crippen LogP contribution in [0.2, 0.25) is 0 Å². The summed E-state index contributed by atoms with van der Waals surface area (Å²) in [4.78, 5) is 0. The van der Waals surface area contributed by atoms with E-state index in [0.717, 1.165) is 19.1 Å². The molecule has 3 unspecified atom stereocenters. The third-order valence-corrected chi connectivity index (χ3v) is 3.44. The zero-order valence-corrected chi connectivity index (χ0v) is 10.6. The second-order valence-corrected chi connectivity index (χ2v) is 4.81. The van der Waals surface area contributed by atoms with Crippen molar-refractivity contribution < 1.29 is 4.74 Å². The van der Waals surface area contributed by atoms with Crippen LogP contribution in [-0.4, -0.2) is 25.3 Å². The van der Waals surface area contributed by atoms with Crippen molar-refractivity contribution in [2.24, 2.45) is 5.92 Å². The summed E-state index contributed by atoms with van der Waals surface area (Å²) in [7, 11) is 0. The number of nitrogens with one attached hydrogen (secondary N) is 1. The zero-order valence-electron chi connectivity index (χ0n) is 10.6. The summed E-state index contributed by atoms with van der Waals surface area (Å²) in [5, 5.41) is 3.61. The van der Waals surface area contributed by atoms with E-state index in [1.54, 1.807) is 0 Å². The molecule has 15 heavy (non-hydrogen) atoms. The van der Waals surface area contributed by atoms with E-state index in [1.165, 1.54) is 32.1 Å². The fourth-order valence-corrected chi connectivity index (χ4v) is 2.43. The van der Waals surface area contributed by atoms with E-state index in [-0.39, 0.29) is 0 Å². The molecule has 1 fully saturated rings. The molecule has 2 nitrogen and oxygen atoms in total. The minimum atomic E-state index is 0.527. The lowest BCUT2D eigenvalue weighted by Gasteiger charge is -2.33. The Kier molecular flexibility index (Phi) is 6.26. The maximum atomic E-state index is 5.78. The molecule has 1 saturated heterocycles. The van der Waals surface area contributed by atoms with Gasteiger partial charge in [0.1, 0.15) is 0 Å². The van der Waals surface area contributed by atoms with Crippen molar-refractivity contribution in [3.8, 4) is 0 Å². The van der Waals surface area contributed by atoms with Gasteiger partial charge in [-0.2, -0.15) is 0 Å². The van der Waals surface area contributed by atoms with Crippen LogP contribution >= 0.6 is 0 Å². The second-order valence-electron chi connectivity index (χ2n) is 4.81. The maximum absolute atomic E-state index is 5.78. The van der Waals surface area contributed by atoms with Crippen molar-refractivity contribution in [2.75, 3.05) is 13.2 Å². The predicted octanol–water partition coefficient (Wildman–Crippen LogP) is 2.97. The van der Waals surface area contributed by atoms with Gasteiger partial charge in [-0.05, 0) is 45.1 Å². The molecule has 0 bridgehead atoms. The summed E-state index contributed by atoms with van der Waals surface area (Å²) in [6, 6.07) is 0.660. The van der Waals surface area contributed by atoms with Crippen LogP contribution in [-0.2, 0) is 4.74 Å². The first-order chi connectivity index (χ1) is 7.27. The van der Waals surface area contributed by atoms with Crippen LogP contribution in [0.15, 0.2) is 0 Å². The van der Waals surface area contributed by atoms with Gasteiger partial charge in [-0.3, -0.25) is 0 Å². The van der Waals surface area contributed by atoms with Crippen LogP contribution in [0.3, 0.4) is 0 Å². The van der Waals surface area contributed by atoms with Gasteiger partial charge in [0.25, 0.3) is 0 Å².